The molecule has 1 atom stereocenters. The fourth-order valence-corrected chi connectivity index (χ4v) is 1.03. The Labute approximate surface area is 93.9 Å². The minimum absolute atomic E-state index is 0.0785. The topological polar surface area (TPSA) is 78.9 Å². The molecule has 0 saturated carbocycles. The van der Waals surface area contributed by atoms with E-state index in [1.54, 1.807) is 12.3 Å². The van der Waals surface area contributed by atoms with Crippen LogP contribution in [0, 0.1) is 5.82 Å². The number of hydrogen-bond donors (Lipinski definition) is 3. The summed E-state index contributed by atoms with van der Waals surface area (Å²) in [5.41, 5.74) is 12.3. The zero-order valence-corrected chi connectivity index (χ0v) is 9.15. The summed E-state index contributed by atoms with van der Waals surface area (Å²) in [5, 5.41) is 0. The third kappa shape index (κ3) is 4.18. The van der Waals surface area contributed by atoms with Gasteiger partial charge in [0, 0.05) is 6.08 Å². The van der Waals surface area contributed by atoms with Crippen LogP contribution in [-0.2, 0) is 0 Å². The Balaban J connectivity index is 2.63. The summed E-state index contributed by atoms with van der Waals surface area (Å²) in [7, 11) is 0. The van der Waals surface area contributed by atoms with E-state index in [0.717, 1.165) is 6.20 Å². The lowest BCUT2D eigenvalue weighted by atomic mass is 10.2. The van der Waals surface area contributed by atoms with Crippen molar-refractivity contribution in [2.45, 2.75) is 13.0 Å². The van der Waals surface area contributed by atoms with E-state index in [4.69, 9.17) is 11.5 Å². The molecular formula is C11H16FN4+. The van der Waals surface area contributed by atoms with Crippen molar-refractivity contribution in [2.75, 3.05) is 6.54 Å². The zero-order valence-electron chi connectivity index (χ0n) is 9.15. The molecule has 0 aliphatic rings. The third-order valence-corrected chi connectivity index (χ3v) is 1.84. The molecule has 0 fully saturated rings. The predicted octanol–water partition coefficient (Wildman–Crippen LogP) is -0.981. The van der Waals surface area contributed by atoms with Gasteiger partial charge in [-0.3, -0.25) is 4.98 Å². The molecule has 0 aliphatic heterocycles. The van der Waals surface area contributed by atoms with Gasteiger partial charge in [-0.05, 0) is 19.1 Å². The lowest BCUT2D eigenvalue weighted by Gasteiger charge is -1.97. The SMILES string of the molecule is C[C@H](N)C[NH+]=CC=C(N)c1ccc(F)cn1. The van der Waals surface area contributed by atoms with E-state index >= 15 is 0 Å². The first-order chi connectivity index (χ1) is 7.59. The summed E-state index contributed by atoms with van der Waals surface area (Å²) in [6.07, 6.45) is 4.50. The monoisotopic (exact) mass is 223 g/mol. The van der Waals surface area contributed by atoms with Crippen molar-refractivity contribution in [3.63, 3.8) is 0 Å². The maximum absolute atomic E-state index is 12.6. The average Bonchev–Trinajstić information content (AvgIpc) is 2.25. The Morgan fingerprint density at radius 3 is 2.94 bits per heavy atom. The molecule has 16 heavy (non-hydrogen) atoms. The van der Waals surface area contributed by atoms with Crippen LogP contribution in [0.4, 0.5) is 4.39 Å². The van der Waals surface area contributed by atoms with Crippen LogP contribution in [0.2, 0.25) is 0 Å². The van der Waals surface area contributed by atoms with E-state index in [9.17, 15) is 4.39 Å². The molecule has 0 unspecified atom stereocenters. The maximum atomic E-state index is 12.6. The first-order valence-corrected chi connectivity index (χ1v) is 4.99. The molecule has 0 aliphatic carbocycles. The molecule has 5 heteroatoms. The zero-order chi connectivity index (χ0) is 12.0. The Hall–Kier alpha value is -1.75. The van der Waals surface area contributed by atoms with Crippen LogP contribution in [0.5, 0.6) is 0 Å². The van der Waals surface area contributed by atoms with E-state index in [2.05, 4.69) is 9.98 Å². The Kier molecular flexibility index (Phi) is 4.60. The van der Waals surface area contributed by atoms with Gasteiger partial charge >= 0.3 is 0 Å². The molecule has 1 rings (SSSR count). The number of nitrogens with zero attached hydrogens (tertiary/aromatic N) is 1. The molecule has 0 radical (unpaired) electrons. The highest BCUT2D eigenvalue weighted by Gasteiger charge is 1.98. The van der Waals surface area contributed by atoms with Crippen molar-refractivity contribution in [1.29, 1.82) is 0 Å². The summed E-state index contributed by atoms with van der Waals surface area (Å²) in [6.45, 7) is 2.57. The molecule has 1 aromatic heterocycles. The minimum Gasteiger partial charge on any atom is -0.397 e. The molecule has 5 N–H and O–H groups in total. The number of rotatable bonds is 4. The van der Waals surface area contributed by atoms with Crippen molar-refractivity contribution in [3.05, 3.63) is 35.9 Å². The van der Waals surface area contributed by atoms with Crippen LogP contribution >= 0.6 is 0 Å². The smallest absolute Gasteiger partial charge is 0.163 e. The van der Waals surface area contributed by atoms with Crippen LogP contribution in [0.15, 0.2) is 24.4 Å². The second-order valence-corrected chi connectivity index (χ2v) is 3.54. The summed E-state index contributed by atoms with van der Waals surface area (Å²) in [5.74, 6) is -0.379. The first-order valence-electron chi connectivity index (χ1n) is 4.99. The van der Waals surface area contributed by atoms with E-state index in [0.29, 0.717) is 17.9 Å². The van der Waals surface area contributed by atoms with Crippen molar-refractivity contribution in [3.8, 4) is 0 Å². The number of aromatic nitrogens is 1. The van der Waals surface area contributed by atoms with Gasteiger partial charge in [0.25, 0.3) is 0 Å². The normalized spacial score (nSPS) is 14.3. The van der Waals surface area contributed by atoms with E-state index in [1.165, 1.54) is 12.1 Å². The van der Waals surface area contributed by atoms with Gasteiger partial charge in [-0.2, -0.15) is 0 Å². The lowest BCUT2D eigenvalue weighted by Crippen LogP contribution is -2.72. The molecule has 0 amide bonds. The number of pyridine rings is 1. The van der Waals surface area contributed by atoms with Gasteiger partial charge in [-0.15, -0.1) is 0 Å². The van der Waals surface area contributed by atoms with Crippen LogP contribution in [0.1, 0.15) is 12.6 Å². The Morgan fingerprint density at radius 2 is 2.38 bits per heavy atom. The van der Waals surface area contributed by atoms with Crippen LogP contribution in [0.25, 0.3) is 5.70 Å². The molecular weight excluding hydrogens is 207 g/mol. The van der Waals surface area contributed by atoms with Gasteiger partial charge in [0.1, 0.15) is 5.82 Å². The molecule has 0 saturated heterocycles. The van der Waals surface area contributed by atoms with Crippen molar-refractivity contribution < 1.29 is 9.38 Å². The molecule has 1 heterocycles. The van der Waals surface area contributed by atoms with E-state index in [1.807, 2.05) is 6.92 Å². The Morgan fingerprint density at radius 1 is 1.62 bits per heavy atom. The maximum Gasteiger partial charge on any atom is 0.163 e. The average molecular weight is 223 g/mol. The number of nitrogens with one attached hydrogen (secondary N) is 1. The number of hydrogen-bond acceptors (Lipinski definition) is 3. The fraction of sp³-hybridized carbons (Fsp3) is 0.273. The number of allylic oxidation sites excluding steroid dienone is 1. The van der Waals surface area contributed by atoms with Crippen molar-refractivity contribution in [2.24, 2.45) is 11.5 Å². The van der Waals surface area contributed by atoms with Gasteiger partial charge in [-0.1, -0.05) is 0 Å². The number of halogens is 1. The molecule has 1 aromatic rings. The van der Waals surface area contributed by atoms with Crippen LogP contribution < -0.4 is 16.5 Å². The highest BCUT2D eigenvalue weighted by atomic mass is 19.1. The molecule has 86 valence electrons. The highest BCUT2D eigenvalue weighted by molar-refractivity contribution is 5.79. The first kappa shape index (κ1) is 12.3. The van der Waals surface area contributed by atoms with Gasteiger partial charge in [-0.25, -0.2) is 9.38 Å². The van der Waals surface area contributed by atoms with E-state index in [-0.39, 0.29) is 11.9 Å². The molecule has 0 bridgehead atoms. The molecule has 0 aromatic carbocycles. The quantitative estimate of drug-likeness (QED) is 0.574. The summed E-state index contributed by atoms with van der Waals surface area (Å²) >= 11 is 0. The van der Waals surface area contributed by atoms with Crippen LogP contribution in [0.3, 0.4) is 0 Å². The number of nitrogens with two attached hydrogens (primary N) is 2. The van der Waals surface area contributed by atoms with Crippen molar-refractivity contribution in [1.82, 2.24) is 4.98 Å². The second-order valence-electron chi connectivity index (χ2n) is 3.54. The Bertz CT molecular complexity index is 381. The summed E-state index contributed by atoms with van der Waals surface area (Å²) in [4.78, 5) is 6.84. The van der Waals surface area contributed by atoms with Crippen molar-refractivity contribution >= 4 is 11.9 Å². The van der Waals surface area contributed by atoms with Gasteiger partial charge in [0.2, 0.25) is 0 Å². The third-order valence-electron chi connectivity index (χ3n) is 1.84. The van der Waals surface area contributed by atoms with Gasteiger partial charge < -0.3 is 11.5 Å². The van der Waals surface area contributed by atoms with Crippen LogP contribution in [-0.4, -0.2) is 23.8 Å². The summed E-state index contributed by atoms with van der Waals surface area (Å²) < 4.78 is 12.6. The standard InChI is InChI=1S/C11H15FN4/c1-8(13)6-15-5-4-10(14)11-3-2-9(12)7-16-11/h2-5,7-8H,6,13-14H2,1H3/p+1/t8-/m0/s1. The van der Waals surface area contributed by atoms with E-state index < -0.39 is 0 Å². The second kappa shape index (κ2) is 5.97. The fourth-order valence-electron chi connectivity index (χ4n) is 1.03. The van der Waals surface area contributed by atoms with Gasteiger partial charge in [0.15, 0.2) is 12.8 Å². The summed E-state index contributed by atoms with van der Waals surface area (Å²) in [6, 6.07) is 2.92. The predicted molar refractivity (Wildman–Crippen MR) is 61.9 cm³/mol. The largest absolute Gasteiger partial charge is 0.397 e. The lowest BCUT2D eigenvalue weighted by molar-refractivity contribution is -0.453. The minimum atomic E-state index is -0.379. The molecule has 4 nitrogen and oxygen atoms in total. The highest BCUT2D eigenvalue weighted by Crippen LogP contribution is 2.04. The van der Waals surface area contributed by atoms with Gasteiger partial charge in [0.05, 0.1) is 23.6 Å². The molecule has 0 spiro atoms.